The molecule has 1 heterocycles. The minimum absolute atomic E-state index is 0.0332. The van der Waals surface area contributed by atoms with Crippen molar-refractivity contribution in [1.29, 1.82) is 0 Å². The minimum Gasteiger partial charge on any atom is -0.507 e. The van der Waals surface area contributed by atoms with Crippen LogP contribution in [0.5, 0.6) is 11.5 Å². The number of rotatable bonds is 14. The molecule has 3 aromatic rings. The number of carbonyl (C=O) groups excluding carboxylic acids is 2. The van der Waals surface area contributed by atoms with Gasteiger partial charge in [0.15, 0.2) is 0 Å². The maximum atomic E-state index is 13.2. The minimum atomic E-state index is -0.772. The average molecular weight is 564 g/mol. The molecular weight excluding hydrogens is 526 g/mol. The zero-order valence-corrected chi connectivity index (χ0v) is 23.8. The highest BCUT2D eigenvalue weighted by molar-refractivity contribution is 6.00. The van der Waals surface area contributed by atoms with E-state index in [2.05, 4.69) is 13.2 Å². The first-order valence-corrected chi connectivity index (χ1v) is 13.2. The van der Waals surface area contributed by atoms with Crippen molar-refractivity contribution in [2.24, 2.45) is 0 Å². The molecule has 218 valence electrons. The number of hydrogen-bond donors (Lipinski definition) is 1. The summed E-state index contributed by atoms with van der Waals surface area (Å²) in [6.07, 6.45) is 4.08. The molecule has 0 aliphatic rings. The van der Waals surface area contributed by atoms with E-state index in [4.69, 9.17) is 23.4 Å². The monoisotopic (exact) mass is 563 g/mol. The second-order valence-electron chi connectivity index (χ2n) is 10.1. The molecule has 0 aliphatic carbocycles. The van der Waals surface area contributed by atoms with E-state index in [1.807, 2.05) is 30.3 Å². The number of hydrogen-bond acceptors (Lipinski definition) is 8. The quantitative estimate of drug-likeness (QED) is 0.134. The maximum absolute atomic E-state index is 13.2. The van der Waals surface area contributed by atoms with Crippen LogP contribution >= 0.6 is 0 Å². The predicted molar refractivity (Wildman–Crippen MR) is 155 cm³/mol. The lowest BCUT2D eigenvalue weighted by Crippen LogP contribution is -2.36. The van der Waals surface area contributed by atoms with E-state index in [-0.39, 0.29) is 55.5 Å². The summed E-state index contributed by atoms with van der Waals surface area (Å²) in [6.45, 7) is 13.6. The highest BCUT2D eigenvalue weighted by atomic mass is 16.6. The number of benzene rings is 2. The summed E-state index contributed by atoms with van der Waals surface area (Å²) in [5.74, 6) is -0.547. The highest BCUT2D eigenvalue weighted by Gasteiger charge is 2.27. The van der Waals surface area contributed by atoms with Crippen molar-refractivity contribution in [2.75, 3.05) is 26.4 Å². The Balaban J connectivity index is 1.97. The summed E-state index contributed by atoms with van der Waals surface area (Å²) in [7, 11) is 0. The zero-order valence-electron chi connectivity index (χ0n) is 23.8. The second kappa shape index (κ2) is 14.8. The van der Waals surface area contributed by atoms with Gasteiger partial charge in [-0.15, -0.1) is 13.2 Å². The van der Waals surface area contributed by atoms with Crippen molar-refractivity contribution < 1.29 is 38.1 Å². The van der Waals surface area contributed by atoms with Crippen molar-refractivity contribution in [2.45, 2.75) is 39.5 Å². The van der Waals surface area contributed by atoms with Crippen molar-refractivity contribution >= 4 is 12.1 Å². The largest absolute Gasteiger partial charge is 0.507 e. The molecule has 9 nitrogen and oxygen atoms in total. The van der Waals surface area contributed by atoms with Crippen LogP contribution in [0.2, 0.25) is 0 Å². The summed E-state index contributed by atoms with van der Waals surface area (Å²) in [5.41, 5.74) is 0.934. The Labute approximate surface area is 240 Å². The van der Waals surface area contributed by atoms with Crippen molar-refractivity contribution in [3.63, 3.8) is 0 Å². The maximum Gasteiger partial charge on any atom is 0.410 e. The lowest BCUT2D eigenvalue weighted by molar-refractivity contribution is 0.0256. The van der Waals surface area contributed by atoms with E-state index in [0.29, 0.717) is 17.9 Å². The molecule has 0 bridgehead atoms. The Morgan fingerprint density at radius 2 is 1.80 bits per heavy atom. The van der Waals surface area contributed by atoms with Crippen LogP contribution in [0.15, 0.2) is 84.5 Å². The molecule has 41 heavy (non-hydrogen) atoms. The van der Waals surface area contributed by atoms with Gasteiger partial charge in [0.25, 0.3) is 0 Å². The molecule has 1 amide bonds. The molecule has 0 atom stereocenters. The summed E-state index contributed by atoms with van der Waals surface area (Å²) in [4.78, 5) is 27.5. The lowest BCUT2D eigenvalue weighted by Gasteiger charge is -2.26. The number of nitrogens with zero attached hydrogens (tertiary/aromatic N) is 1. The van der Waals surface area contributed by atoms with E-state index in [0.717, 1.165) is 5.56 Å². The first kappa shape index (κ1) is 31.0. The number of esters is 1. The van der Waals surface area contributed by atoms with Gasteiger partial charge in [-0.25, -0.2) is 9.59 Å². The second-order valence-corrected chi connectivity index (χ2v) is 10.1. The van der Waals surface area contributed by atoms with E-state index >= 15 is 0 Å². The van der Waals surface area contributed by atoms with Crippen LogP contribution in [0.4, 0.5) is 4.79 Å². The number of carbonyl (C=O) groups is 2. The highest BCUT2D eigenvalue weighted by Crippen LogP contribution is 2.38. The smallest absolute Gasteiger partial charge is 0.410 e. The Kier molecular flexibility index (Phi) is 11.2. The van der Waals surface area contributed by atoms with Gasteiger partial charge in [-0.2, -0.15) is 0 Å². The molecule has 2 aromatic carbocycles. The first-order valence-electron chi connectivity index (χ1n) is 13.2. The Morgan fingerprint density at radius 3 is 2.49 bits per heavy atom. The molecule has 9 heteroatoms. The number of phenols is 1. The van der Waals surface area contributed by atoms with E-state index < -0.39 is 17.7 Å². The number of ether oxygens (including phenoxy) is 4. The SMILES string of the molecule is C=CCOCCOC(=O)c1c(O)cc(OCc2ccccc2)cc1-c1occc1CN(CC=C)C(=O)OC(C)(C)C. The summed E-state index contributed by atoms with van der Waals surface area (Å²) in [6, 6.07) is 14.2. The standard InChI is InChI=1S/C32H37NO8/c1-6-14-33(31(36)41-32(3,4)5)21-24-13-16-38-29(24)26-19-25(40-22-23-11-9-8-10-12-23)20-27(34)28(26)30(35)39-18-17-37-15-7-2/h6-13,16,19-20,34H,1-2,14-15,17-18,21-22H2,3-5H3. The molecule has 1 aromatic heterocycles. The number of furan rings is 1. The van der Waals surface area contributed by atoms with E-state index in [1.54, 1.807) is 45.1 Å². The van der Waals surface area contributed by atoms with Crippen LogP contribution < -0.4 is 4.74 Å². The van der Waals surface area contributed by atoms with Gasteiger partial charge in [-0.05, 0) is 38.5 Å². The van der Waals surface area contributed by atoms with Gasteiger partial charge in [-0.3, -0.25) is 0 Å². The molecule has 0 fully saturated rings. The van der Waals surface area contributed by atoms with E-state index in [1.165, 1.54) is 17.2 Å². The normalized spacial score (nSPS) is 11.0. The van der Waals surface area contributed by atoms with Gasteiger partial charge in [0.2, 0.25) is 0 Å². The summed E-state index contributed by atoms with van der Waals surface area (Å²) < 4.78 is 28.0. The molecule has 3 rings (SSSR count). The van der Waals surface area contributed by atoms with Crippen LogP contribution in [-0.2, 0) is 27.4 Å². The first-order chi connectivity index (χ1) is 19.6. The Hall–Kier alpha value is -4.50. The topological polar surface area (TPSA) is 108 Å². The van der Waals surface area contributed by atoms with Gasteiger partial charge in [0, 0.05) is 23.7 Å². The van der Waals surface area contributed by atoms with Gasteiger partial charge in [-0.1, -0.05) is 42.5 Å². The third-order valence-electron chi connectivity index (χ3n) is 5.59. The molecule has 0 radical (unpaired) electrons. The zero-order chi connectivity index (χ0) is 29.8. The summed E-state index contributed by atoms with van der Waals surface area (Å²) >= 11 is 0. The van der Waals surface area contributed by atoms with Gasteiger partial charge >= 0.3 is 12.1 Å². The third kappa shape index (κ3) is 9.29. The molecule has 0 saturated carbocycles. The molecule has 0 unspecified atom stereocenters. The number of amides is 1. The molecular formula is C32H37NO8. The van der Waals surface area contributed by atoms with E-state index in [9.17, 15) is 14.7 Å². The Morgan fingerprint density at radius 1 is 1.05 bits per heavy atom. The molecule has 0 spiro atoms. The predicted octanol–water partition coefficient (Wildman–Crippen LogP) is 6.51. The van der Waals surface area contributed by atoms with Gasteiger partial charge in [0.1, 0.15) is 41.6 Å². The summed E-state index contributed by atoms with van der Waals surface area (Å²) in [5, 5.41) is 11.0. The number of phenolic OH excluding ortho intramolecular Hbond substituents is 1. The van der Waals surface area contributed by atoms with Crippen molar-refractivity contribution in [1.82, 2.24) is 4.90 Å². The van der Waals surface area contributed by atoms with Crippen LogP contribution in [0.25, 0.3) is 11.3 Å². The van der Waals surface area contributed by atoms with Crippen LogP contribution in [0, 0.1) is 0 Å². The van der Waals surface area contributed by atoms with Gasteiger partial charge in [0.05, 0.1) is 26.0 Å². The average Bonchev–Trinajstić information content (AvgIpc) is 3.39. The fraction of sp³-hybridized carbons (Fsp3) is 0.312. The van der Waals surface area contributed by atoms with Crippen molar-refractivity contribution in [3.05, 3.63) is 96.8 Å². The fourth-order valence-corrected chi connectivity index (χ4v) is 3.84. The van der Waals surface area contributed by atoms with Crippen LogP contribution in [-0.4, -0.2) is 54.0 Å². The van der Waals surface area contributed by atoms with Gasteiger partial charge < -0.3 is 33.4 Å². The number of aromatic hydroxyl groups is 1. The van der Waals surface area contributed by atoms with Crippen molar-refractivity contribution in [3.8, 4) is 22.8 Å². The molecule has 0 saturated heterocycles. The third-order valence-corrected chi connectivity index (χ3v) is 5.59. The van der Waals surface area contributed by atoms with Crippen LogP contribution in [0.1, 0.15) is 42.3 Å². The Bertz CT molecular complexity index is 1320. The van der Waals surface area contributed by atoms with Crippen LogP contribution in [0.3, 0.4) is 0 Å². The molecule has 1 N–H and O–H groups in total. The molecule has 0 aliphatic heterocycles. The lowest BCUT2D eigenvalue weighted by atomic mass is 10.0. The fourth-order valence-electron chi connectivity index (χ4n) is 3.84.